The van der Waals surface area contributed by atoms with Crippen LogP contribution in [0, 0.1) is 0 Å². The van der Waals surface area contributed by atoms with E-state index in [2.05, 4.69) is 4.98 Å². The molecule has 17 heavy (non-hydrogen) atoms. The van der Waals surface area contributed by atoms with Crippen LogP contribution in [0.5, 0.6) is 0 Å². The highest BCUT2D eigenvalue weighted by atomic mass is 32.1. The molecule has 1 aliphatic carbocycles. The number of halogens is 2. The highest BCUT2D eigenvalue weighted by Gasteiger charge is 2.22. The second kappa shape index (κ2) is 5.84. The molecule has 0 aromatic carbocycles. The molecule has 1 aromatic rings. The highest BCUT2D eigenvalue weighted by molar-refractivity contribution is 7.11. The lowest BCUT2D eigenvalue weighted by atomic mass is 10.0. The van der Waals surface area contributed by atoms with Crippen molar-refractivity contribution in [1.29, 1.82) is 0 Å². The summed E-state index contributed by atoms with van der Waals surface area (Å²) in [5, 5.41) is 10.6. The van der Waals surface area contributed by atoms with E-state index in [-0.39, 0.29) is 6.61 Å². The standard InChI is InChI=1S/C11H15F2NO2S/c12-9(13)6-16-5-4-10-14-11-7(15)2-1-3-8(11)17-10/h7,9,15H,1-6H2. The molecule has 1 aliphatic rings. The number of alkyl halides is 2. The van der Waals surface area contributed by atoms with Crippen LogP contribution < -0.4 is 0 Å². The van der Waals surface area contributed by atoms with Crippen LogP contribution in [0.1, 0.15) is 34.5 Å². The molecule has 1 N–H and O–H groups in total. The molecule has 0 aliphatic heterocycles. The molecule has 2 rings (SSSR count). The maximum Gasteiger partial charge on any atom is 0.261 e. The highest BCUT2D eigenvalue weighted by Crippen LogP contribution is 2.33. The summed E-state index contributed by atoms with van der Waals surface area (Å²) in [6, 6.07) is 0. The summed E-state index contributed by atoms with van der Waals surface area (Å²) >= 11 is 1.56. The van der Waals surface area contributed by atoms with Gasteiger partial charge in [-0.25, -0.2) is 13.8 Å². The maximum atomic E-state index is 11.8. The zero-order valence-corrected chi connectivity index (χ0v) is 10.2. The Balaban J connectivity index is 1.85. The second-order valence-electron chi connectivity index (χ2n) is 4.04. The van der Waals surface area contributed by atoms with Gasteiger partial charge in [-0.3, -0.25) is 0 Å². The van der Waals surface area contributed by atoms with Crippen molar-refractivity contribution >= 4 is 11.3 Å². The van der Waals surface area contributed by atoms with Gasteiger partial charge in [-0.1, -0.05) is 0 Å². The van der Waals surface area contributed by atoms with Crippen LogP contribution in [0.3, 0.4) is 0 Å². The van der Waals surface area contributed by atoms with E-state index in [4.69, 9.17) is 4.74 Å². The van der Waals surface area contributed by atoms with Crippen LogP contribution in [0.15, 0.2) is 0 Å². The third kappa shape index (κ3) is 3.43. The van der Waals surface area contributed by atoms with Crippen molar-refractivity contribution in [3.63, 3.8) is 0 Å². The Kier molecular flexibility index (Phi) is 4.42. The first kappa shape index (κ1) is 12.9. The Hall–Kier alpha value is -0.590. The SMILES string of the molecule is OC1CCCc2sc(CCOCC(F)F)nc21. The van der Waals surface area contributed by atoms with Gasteiger partial charge in [0, 0.05) is 11.3 Å². The summed E-state index contributed by atoms with van der Waals surface area (Å²) < 4.78 is 28.5. The molecule has 0 bridgehead atoms. The van der Waals surface area contributed by atoms with E-state index in [9.17, 15) is 13.9 Å². The Labute approximate surface area is 102 Å². The number of fused-ring (bicyclic) bond motifs is 1. The number of thiazole rings is 1. The Bertz CT molecular complexity index is 370. The molecular formula is C11H15F2NO2S. The van der Waals surface area contributed by atoms with Gasteiger partial charge in [0.25, 0.3) is 6.43 Å². The number of aliphatic hydroxyl groups excluding tert-OH is 1. The number of aryl methyl sites for hydroxylation is 1. The average molecular weight is 263 g/mol. The van der Waals surface area contributed by atoms with E-state index in [1.165, 1.54) is 0 Å². The topological polar surface area (TPSA) is 42.4 Å². The number of nitrogens with zero attached hydrogens (tertiary/aromatic N) is 1. The van der Waals surface area contributed by atoms with Crippen molar-refractivity contribution in [3.8, 4) is 0 Å². The summed E-state index contributed by atoms with van der Waals surface area (Å²) in [7, 11) is 0. The minimum atomic E-state index is -2.42. The summed E-state index contributed by atoms with van der Waals surface area (Å²) in [5.74, 6) is 0. The van der Waals surface area contributed by atoms with Crippen molar-refractivity contribution in [1.82, 2.24) is 4.98 Å². The molecule has 0 spiro atoms. The van der Waals surface area contributed by atoms with Gasteiger partial charge >= 0.3 is 0 Å². The molecule has 0 fully saturated rings. The molecule has 96 valence electrons. The lowest BCUT2D eigenvalue weighted by Crippen LogP contribution is -2.08. The summed E-state index contributed by atoms with van der Waals surface area (Å²) in [4.78, 5) is 5.48. The zero-order valence-electron chi connectivity index (χ0n) is 9.36. The molecule has 1 atom stereocenters. The number of ether oxygens (including phenoxy) is 1. The molecular weight excluding hydrogens is 248 g/mol. The van der Waals surface area contributed by atoms with Crippen LogP contribution in [0.2, 0.25) is 0 Å². The van der Waals surface area contributed by atoms with Gasteiger partial charge in [-0.2, -0.15) is 0 Å². The van der Waals surface area contributed by atoms with Crippen molar-refractivity contribution < 1.29 is 18.6 Å². The average Bonchev–Trinajstić information content (AvgIpc) is 2.69. The molecule has 0 saturated heterocycles. The normalized spacial score (nSPS) is 19.6. The predicted molar refractivity (Wildman–Crippen MR) is 60.5 cm³/mol. The fraction of sp³-hybridized carbons (Fsp3) is 0.727. The smallest absolute Gasteiger partial charge is 0.261 e. The van der Waals surface area contributed by atoms with Crippen LogP contribution in [0.25, 0.3) is 0 Å². The monoisotopic (exact) mass is 263 g/mol. The third-order valence-electron chi connectivity index (χ3n) is 2.67. The second-order valence-corrected chi connectivity index (χ2v) is 5.21. The van der Waals surface area contributed by atoms with E-state index < -0.39 is 19.1 Å². The van der Waals surface area contributed by atoms with Crippen LogP contribution in [0.4, 0.5) is 8.78 Å². The van der Waals surface area contributed by atoms with E-state index in [0.717, 1.165) is 34.8 Å². The van der Waals surface area contributed by atoms with E-state index in [1.54, 1.807) is 11.3 Å². The summed E-state index contributed by atoms with van der Waals surface area (Å²) in [6.07, 6.45) is 0.376. The Morgan fingerprint density at radius 3 is 3.06 bits per heavy atom. The molecule has 6 heteroatoms. The molecule has 1 unspecified atom stereocenters. The summed E-state index contributed by atoms with van der Waals surface area (Å²) in [6.45, 7) is -0.263. The van der Waals surface area contributed by atoms with Crippen molar-refractivity contribution in [3.05, 3.63) is 15.6 Å². The fourth-order valence-corrected chi connectivity index (χ4v) is 3.03. The third-order valence-corrected chi connectivity index (χ3v) is 3.86. The van der Waals surface area contributed by atoms with Gasteiger partial charge in [-0.05, 0) is 19.3 Å². The van der Waals surface area contributed by atoms with Gasteiger partial charge in [0.15, 0.2) is 0 Å². The number of hydrogen-bond donors (Lipinski definition) is 1. The number of aliphatic hydroxyl groups is 1. The molecule has 3 nitrogen and oxygen atoms in total. The number of rotatable bonds is 5. The largest absolute Gasteiger partial charge is 0.387 e. The van der Waals surface area contributed by atoms with Gasteiger partial charge in [0.05, 0.1) is 23.4 Å². The quantitative estimate of drug-likeness (QED) is 0.829. The Morgan fingerprint density at radius 1 is 1.53 bits per heavy atom. The lowest BCUT2D eigenvalue weighted by molar-refractivity contribution is 0.0186. The van der Waals surface area contributed by atoms with Crippen molar-refractivity contribution in [2.45, 2.75) is 38.2 Å². The molecule has 0 saturated carbocycles. The van der Waals surface area contributed by atoms with Gasteiger partial charge in [-0.15, -0.1) is 11.3 Å². The lowest BCUT2D eigenvalue weighted by Gasteiger charge is -2.14. The zero-order chi connectivity index (χ0) is 12.3. The van der Waals surface area contributed by atoms with Gasteiger partial charge in [0.2, 0.25) is 0 Å². The molecule has 1 heterocycles. The predicted octanol–water partition coefficient (Wildman–Crippen LogP) is 2.34. The Morgan fingerprint density at radius 2 is 2.35 bits per heavy atom. The minimum absolute atomic E-state index is 0.257. The molecule has 0 radical (unpaired) electrons. The van der Waals surface area contributed by atoms with Crippen LogP contribution in [-0.2, 0) is 17.6 Å². The van der Waals surface area contributed by atoms with Crippen LogP contribution >= 0.6 is 11.3 Å². The first-order chi connectivity index (χ1) is 8.16. The van der Waals surface area contributed by atoms with E-state index in [0.29, 0.717) is 6.42 Å². The number of hydrogen-bond acceptors (Lipinski definition) is 4. The maximum absolute atomic E-state index is 11.8. The number of aromatic nitrogens is 1. The summed E-state index contributed by atoms with van der Waals surface area (Å²) in [5.41, 5.74) is 0.783. The minimum Gasteiger partial charge on any atom is -0.387 e. The van der Waals surface area contributed by atoms with E-state index >= 15 is 0 Å². The van der Waals surface area contributed by atoms with Gasteiger partial charge in [0.1, 0.15) is 6.61 Å². The van der Waals surface area contributed by atoms with E-state index in [1.807, 2.05) is 0 Å². The first-order valence-corrected chi connectivity index (χ1v) is 6.51. The molecule has 1 aromatic heterocycles. The van der Waals surface area contributed by atoms with Crippen molar-refractivity contribution in [2.24, 2.45) is 0 Å². The molecule has 0 amide bonds. The van der Waals surface area contributed by atoms with Gasteiger partial charge < -0.3 is 9.84 Å². The van der Waals surface area contributed by atoms with Crippen LogP contribution in [-0.4, -0.2) is 29.7 Å². The van der Waals surface area contributed by atoms with Crippen molar-refractivity contribution in [2.75, 3.05) is 13.2 Å². The fourth-order valence-electron chi connectivity index (χ4n) is 1.88. The first-order valence-electron chi connectivity index (χ1n) is 5.69.